The maximum Gasteiger partial charge on any atom is 0.243 e. The summed E-state index contributed by atoms with van der Waals surface area (Å²) in [7, 11) is -2.01. The van der Waals surface area contributed by atoms with Crippen LogP contribution < -0.4 is 0 Å². The molecule has 0 aromatic heterocycles. The number of sulfonamides is 1. The van der Waals surface area contributed by atoms with Crippen molar-refractivity contribution in [1.29, 1.82) is 0 Å². The number of rotatable bonds is 4. The second-order valence-electron chi connectivity index (χ2n) is 6.19. The lowest BCUT2D eigenvalue weighted by Gasteiger charge is -2.35. The molecule has 1 N–H and O–H groups in total. The van der Waals surface area contributed by atoms with Gasteiger partial charge in [-0.25, -0.2) is 8.42 Å². The topological polar surface area (TPSA) is 70.1 Å². The van der Waals surface area contributed by atoms with Crippen LogP contribution in [0.2, 0.25) is 0 Å². The van der Waals surface area contributed by atoms with Gasteiger partial charge in [0.05, 0.1) is 30.3 Å². The zero-order valence-electron chi connectivity index (χ0n) is 13.3. The third-order valence-electron chi connectivity index (χ3n) is 4.95. The number of hydrogen-bond donors (Lipinski definition) is 1. The lowest BCUT2D eigenvalue weighted by atomic mass is 10.1. The van der Waals surface area contributed by atoms with Gasteiger partial charge in [-0.15, -0.1) is 0 Å². The van der Waals surface area contributed by atoms with E-state index in [0.717, 1.165) is 19.5 Å². The van der Waals surface area contributed by atoms with Gasteiger partial charge < -0.3 is 9.84 Å². The SMILES string of the molecule is CN([C@@H]1CC[C@@H](N2CCOCC2)[C@@H]1O)S(=O)(=O)c1ccccc1. The molecule has 0 radical (unpaired) electrons. The summed E-state index contributed by atoms with van der Waals surface area (Å²) in [5.41, 5.74) is 0. The van der Waals surface area contributed by atoms with Crippen molar-refractivity contribution in [2.24, 2.45) is 0 Å². The Bertz CT molecular complexity index is 616. The molecule has 7 heteroatoms. The van der Waals surface area contributed by atoms with Crippen molar-refractivity contribution in [3.05, 3.63) is 30.3 Å². The standard InChI is InChI=1S/C16H24N2O4S/c1-17(23(20,21)13-5-3-2-4-6-13)14-7-8-15(16(14)19)18-9-11-22-12-10-18/h2-6,14-16,19H,7-12H2,1H3/t14-,15-,16-/m1/s1. The van der Waals surface area contributed by atoms with E-state index in [9.17, 15) is 13.5 Å². The van der Waals surface area contributed by atoms with E-state index >= 15 is 0 Å². The monoisotopic (exact) mass is 340 g/mol. The maximum atomic E-state index is 12.7. The predicted octanol–water partition coefficient (Wildman–Crippen LogP) is 0.531. The lowest BCUT2D eigenvalue weighted by Crippen LogP contribution is -2.51. The molecular weight excluding hydrogens is 316 g/mol. The van der Waals surface area contributed by atoms with Crippen molar-refractivity contribution in [3.8, 4) is 0 Å². The van der Waals surface area contributed by atoms with Gasteiger partial charge >= 0.3 is 0 Å². The van der Waals surface area contributed by atoms with Crippen molar-refractivity contribution in [3.63, 3.8) is 0 Å². The highest BCUT2D eigenvalue weighted by Crippen LogP contribution is 2.31. The highest BCUT2D eigenvalue weighted by atomic mass is 32.2. The first-order chi connectivity index (χ1) is 11.0. The van der Waals surface area contributed by atoms with E-state index in [-0.39, 0.29) is 17.0 Å². The molecule has 23 heavy (non-hydrogen) atoms. The van der Waals surface area contributed by atoms with E-state index < -0.39 is 16.1 Å². The number of morpholine rings is 1. The minimum absolute atomic E-state index is 0.0114. The molecule has 6 nitrogen and oxygen atoms in total. The van der Waals surface area contributed by atoms with Gasteiger partial charge in [0.2, 0.25) is 10.0 Å². The molecule has 1 aromatic carbocycles. The van der Waals surface area contributed by atoms with Gasteiger partial charge in [-0.1, -0.05) is 18.2 Å². The minimum Gasteiger partial charge on any atom is -0.390 e. The first kappa shape index (κ1) is 16.9. The van der Waals surface area contributed by atoms with Crippen LogP contribution in [0.25, 0.3) is 0 Å². The highest BCUT2D eigenvalue weighted by Gasteiger charge is 2.43. The Balaban J connectivity index is 1.74. The Kier molecular flexibility index (Phi) is 5.03. The fourth-order valence-electron chi connectivity index (χ4n) is 3.58. The van der Waals surface area contributed by atoms with Crippen LogP contribution in [0, 0.1) is 0 Å². The normalized spacial score (nSPS) is 30.0. The summed E-state index contributed by atoms with van der Waals surface area (Å²) in [6.07, 6.45) is 0.809. The van der Waals surface area contributed by atoms with Gasteiger partial charge in [-0.2, -0.15) is 4.31 Å². The van der Waals surface area contributed by atoms with Gasteiger partial charge in [0.25, 0.3) is 0 Å². The predicted molar refractivity (Wildman–Crippen MR) is 86.6 cm³/mol. The Hall–Kier alpha value is -0.990. The molecule has 3 rings (SSSR count). The number of aliphatic hydroxyl groups is 1. The average Bonchev–Trinajstić information content (AvgIpc) is 2.97. The zero-order chi connectivity index (χ0) is 16.4. The summed E-state index contributed by atoms with van der Waals surface area (Å²) in [5, 5.41) is 10.7. The van der Waals surface area contributed by atoms with Gasteiger partial charge in [0, 0.05) is 26.2 Å². The van der Waals surface area contributed by atoms with Crippen LogP contribution in [0.4, 0.5) is 0 Å². The largest absolute Gasteiger partial charge is 0.390 e. The Morgan fingerprint density at radius 3 is 2.48 bits per heavy atom. The molecule has 1 aromatic rings. The quantitative estimate of drug-likeness (QED) is 0.866. The van der Waals surface area contributed by atoms with Crippen molar-refractivity contribution >= 4 is 10.0 Å². The fraction of sp³-hybridized carbons (Fsp3) is 0.625. The van der Waals surface area contributed by atoms with Gasteiger partial charge in [0.1, 0.15) is 0 Å². The van der Waals surface area contributed by atoms with Crippen molar-refractivity contribution in [1.82, 2.24) is 9.21 Å². The Morgan fingerprint density at radius 2 is 1.83 bits per heavy atom. The molecule has 1 heterocycles. The number of nitrogens with zero attached hydrogens (tertiary/aromatic N) is 2. The molecule has 1 aliphatic carbocycles. The summed E-state index contributed by atoms with van der Waals surface area (Å²) in [5.74, 6) is 0. The van der Waals surface area contributed by atoms with Crippen molar-refractivity contribution in [2.75, 3.05) is 33.4 Å². The third-order valence-corrected chi connectivity index (χ3v) is 6.85. The fourth-order valence-corrected chi connectivity index (χ4v) is 5.00. The van der Waals surface area contributed by atoms with Crippen LogP contribution in [0.3, 0.4) is 0 Å². The molecule has 0 unspecified atom stereocenters. The molecule has 3 atom stereocenters. The summed E-state index contributed by atoms with van der Waals surface area (Å²) in [6.45, 7) is 2.94. The van der Waals surface area contributed by atoms with Crippen LogP contribution >= 0.6 is 0 Å². The molecule has 1 saturated heterocycles. The Morgan fingerprint density at radius 1 is 1.17 bits per heavy atom. The number of ether oxygens (including phenoxy) is 1. The van der Waals surface area contributed by atoms with E-state index in [1.165, 1.54) is 4.31 Å². The molecule has 1 saturated carbocycles. The molecule has 1 aliphatic heterocycles. The first-order valence-electron chi connectivity index (χ1n) is 8.05. The van der Waals surface area contributed by atoms with Crippen molar-refractivity contribution < 1.29 is 18.3 Å². The van der Waals surface area contributed by atoms with Crippen LogP contribution in [-0.4, -0.2) is 74.3 Å². The average molecular weight is 340 g/mol. The number of hydrogen-bond acceptors (Lipinski definition) is 5. The molecule has 2 aliphatic rings. The molecular formula is C16H24N2O4S. The van der Waals surface area contributed by atoms with Crippen LogP contribution in [0.15, 0.2) is 35.2 Å². The van der Waals surface area contributed by atoms with Crippen LogP contribution in [0.1, 0.15) is 12.8 Å². The summed E-state index contributed by atoms with van der Waals surface area (Å²) < 4.78 is 32.1. The van der Waals surface area contributed by atoms with E-state index in [4.69, 9.17) is 4.74 Å². The number of likely N-dealkylation sites (N-methyl/N-ethyl adjacent to an activating group) is 1. The van der Waals surface area contributed by atoms with Crippen LogP contribution in [-0.2, 0) is 14.8 Å². The second-order valence-corrected chi connectivity index (χ2v) is 8.18. The molecule has 0 amide bonds. The summed E-state index contributed by atoms with van der Waals surface area (Å²) in [4.78, 5) is 2.49. The van der Waals surface area contributed by atoms with Crippen LogP contribution in [0.5, 0.6) is 0 Å². The van der Waals surface area contributed by atoms with E-state index in [1.54, 1.807) is 37.4 Å². The molecule has 0 spiro atoms. The smallest absolute Gasteiger partial charge is 0.243 e. The van der Waals surface area contributed by atoms with Gasteiger partial charge in [-0.3, -0.25) is 4.90 Å². The first-order valence-corrected chi connectivity index (χ1v) is 9.49. The second kappa shape index (κ2) is 6.86. The van der Waals surface area contributed by atoms with E-state index in [1.807, 2.05) is 0 Å². The molecule has 2 fully saturated rings. The van der Waals surface area contributed by atoms with E-state index in [2.05, 4.69) is 4.90 Å². The van der Waals surface area contributed by atoms with Gasteiger partial charge in [0.15, 0.2) is 0 Å². The highest BCUT2D eigenvalue weighted by molar-refractivity contribution is 7.89. The maximum absolute atomic E-state index is 12.7. The lowest BCUT2D eigenvalue weighted by molar-refractivity contribution is -0.0194. The Labute approximate surface area is 137 Å². The molecule has 0 bridgehead atoms. The zero-order valence-corrected chi connectivity index (χ0v) is 14.2. The summed E-state index contributed by atoms with van der Waals surface area (Å²) in [6, 6.07) is 8.02. The molecule has 128 valence electrons. The van der Waals surface area contributed by atoms with E-state index in [0.29, 0.717) is 19.6 Å². The third kappa shape index (κ3) is 3.29. The van der Waals surface area contributed by atoms with Gasteiger partial charge in [-0.05, 0) is 25.0 Å². The number of benzene rings is 1. The number of aliphatic hydroxyl groups excluding tert-OH is 1. The minimum atomic E-state index is -3.58. The van der Waals surface area contributed by atoms with Crippen molar-refractivity contribution in [2.45, 2.75) is 35.9 Å². The summed E-state index contributed by atoms with van der Waals surface area (Å²) >= 11 is 0.